The lowest BCUT2D eigenvalue weighted by Crippen LogP contribution is -2.33. The summed E-state index contributed by atoms with van der Waals surface area (Å²) in [6, 6.07) is 7.71. The van der Waals surface area contributed by atoms with E-state index in [1.807, 2.05) is 49.9 Å². The van der Waals surface area contributed by atoms with E-state index < -0.39 is 0 Å². The summed E-state index contributed by atoms with van der Waals surface area (Å²) in [7, 11) is 0. The van der Waals surface area contributed by atoms with Gasteiger partial charge in [-0.3, -0.25) is 4.79 Å². The zero-order valence-electron chi connectivity index (χ0n) is 16.9. The van der Waals surface area contributed by atoms with Crippen LogP contribution in [-0.2, 0) is 0 Å². The van der Waals surface area contributed by atoms with E-state index >= 15 is 0 Å². The van der Waals surface area contributed by atoms with E-state index in [0.717, 1.165) is 56.2 Å². The van der Waals surface area contributed by atoms with Gasteiger partial charge in [0.05, 0.1) is 17.5 Å². The van der Waals surface area contributed by atoms with Gasteiger partial charge in [-0.05, 0) is 82.8 Å². The Hall–Kier alpha value is -2.41. The molecule has 4 rings (SSSR count). The number of benzene rings is 1. The van der Waals surface area contributed by atoms with Gasteiger partial charge in [0.25, 0.3) is 5.91 Å². The average Bonchev–Trinajstić information content (AvgIpc) is 3.23. The Morgan fingerprint density at radius 2 is 1.79 bits per heavy atom. The molecular formula is C21H29N5O2. The number of nitrogens with zero attached hydrogens (tertiary/aromatic N) is 4. The summed E-state index contributed by atoms with van der Waals surface area (Å²) < 4.78 is 7.42. The highest BCUT2D eigenvalue weighted by atomic mass is 16.5. The van der Waals surface area contributed by atoms with Crippen molar-refractivity contribution in [3.05, 3.63) is 35.7 Å². The first-order valence-corrected chi connectivity index (χ1v) is 10.2. The highest BCUT2D eigenvalue weighted by Gasteiger charge is 2.32. The third-order valence-corrected chi connectivity index (χ3v) is 5.86. The molecule has 1 amide bonds. The molecule has 3 heterocycles. The van der Waals surface area contributed by atoms with Crippen LogP contribution in [0.4, 0.5) is 0 Å². The molecule has 2 aliphatic heterocycles. The maximum atomic E-state index is 13.1. The van der Waals surface area contributed by atoms with E-state index in [1.165, 1.54) is 0 Å². The van der Waals surface area contributed by atoms with E-state index in [-0.39, 0.29) is 12.0 Å². The van der Waals surface area contributed by atoms with Crippen LogP contribution >= 0.6 is 0 Å². The highest BCUT2D eigenvalue weighted by Crippen LogP contribution is 2.28. The number of carbonyl (C=O) groups is 1. The summed E-state index contributed by atoms with van der Waals surface area (Å²) in [5.74, 6) is 2.20. The maximum Gasteiger partial charge on any atom is 0.276 e. The fraction of sp³-hybridized carbons (Fsp3) is 0.571. The van der Waals surface area contributed by atoms with Crippen molar-refractivity contribution in [2.45, 2.75) is 39.7 Å². The molecule has 1 N–H and O–H groups in total. The molecule has 1 aromatic carbocycles. The van der Waals surface area contributed by atoms with Gasteiger partial charge in [0, 0.05) is 13.1 Å². The molecule has 2 atom stereocenters. The van der Waals surface area contributed by atoms with Crippen molar-refractivity contribution in [2.24, 2.45) is 11.8 Å². The van der Waals surface area contributed by atoms with E-state index in [1.54, 1.807) is 4.68 Å². The second-order valence-electron chi connectivity index (χ2n) is 8.14. The molecule has 0 spiro atoms. The van der Waals surface area contributed by atoms with Gasteiger partial charge >= 0.3 is 0 Å². The molecular weight excluding hydrogens is 354 g/mol. The second kappa shape index (κ2) is 7.91. The largest absolute Gasteiger partial charge is 0.491 e. The summed E-state index contributed by atoms with van der Waals surface area (Å²) in [5, 5.41) is 11.9. The van der Waals surface area contributed by atoms with Crippen molar-refractivity contribution in [1.29, 1.82) is 0 Å². The number of hydrogen-bond acceptors (Lipinski definition) is 5. The molecule has 2 saturated heterocycles. The number of fused-ring (bicyclic) bond motifs is 1. The first kappa shape index (κ1) is 18.9. The standard InChI is InChI=1S/C21H29N5O2/c1-14(2)28-19-6-4-18(5-7-19)26-15(3)20(23-24-26)21(27)25-10-8-16-12-22-13-17(16)9-11-25/h4-7,14,16-17,22H,8-13H2,1-3H3/t16-,17+. The minimum atomic E-state index is -0.00329. The van der Waals surface area contributed by atoms with Crippen molar-refractivity contribution in [2.75, 3.05) is 26.2 Å². The molecule has 1 aromatic heterocycles. The Balaban J connectivity index is 1.49. The normalized spacial score (nSPS) is 22.2. The maximum absolute atomic E-state index is 13.1. The molecule has 0 bridgehead atoms. The van der Waals surface area contributed by atoms with Crippen LogP contribution in [-0.4, -0.2) is 58.1 Å². The molecule has 0 radical (unpaired) electrons. The number of nitrogens with one attached hydrogen (secondary N) is 1. The molecule has 0 aliphatic carbocycles. The van der Waals surface area contributed by atoms with E-state index in [4.69, 9.17) is 4.74 Å². The fourth-order valence-electron chi connectivity index (χ4n) is 4.28. The Kier molecular flexibility index (Phi) is 5.35. The third kappa shape index (κ3) is 3.76. The summed E-state index contributed by atoms with van der Waals surface area (Å²) >= 11 is 0. The molecule has 2 aromatic rings. The summed E-state index contributed by atoms with van der Waals surface area (Å²) in [6.07, 6.45) is 2.26. The Morgan fingerprint density at radius 3 is 2.39 bits per heavy atom. The first-order chi connectivity index (χ1) is 13.5. The van der Waals surface area contributed by atoms with Crippen molar-refractivity contribution < 1.29 is 9.53 Å². The highest BCUT2D eigenvalue weighted by molar-refractivity contribution is 5.93. The minimum Gasteiger partial charge on any atom is -0.491 e. The quantitative estimate of drug-likeness (QED) is 0.878. The Morgan fingerprint density at radius 1 is 1.14 bits per heavy atom. The van der Waals surface area contributed by atoms with Crippen LogP contribution in [0.2, 0.25) is 0 Å². The molecule has 7 nitrogen and oxygen atoms in total. The van der Waals surface area contributed by atoms with E-state index in [0.29, 0.717) is 17.5 Å². The topological polar surface area (TPSA) is 72.3 Å². The predicted octanol–water partition coefficient (Wildman–Crippen LogP) is 2.43. The van der Waals surface area contributed by atoms with Gasteiger partial charge in [-0.25, -0.2) is 4.68 Å². The van der Waals surface area contributed by atoms with E-state index in [2.05, 4.69) is 15.6 Å². The molecule has 2 fully saturated rings. The van der Waals surface area contributed by atoms with E-state index in [9.17, 15) is 4.79 Å². The molecule has 150 valence electrons. The van der Waals surface area contributed by atoms with Crippen LogP contribution in [0.15, 0.2) is 24.3 Å². The summed E-state index contributed by atoms with van der Waals surface area (Å²) in [5.41, 5.74) is 2.10. The van der Waals surface area contributed by atoms with Crippen LogP contribution in [0.25, 0.3) is 5.69 Å². The zero-order chi connectivity index (χ0) is 19.7. The number of rotatable bonds is 4. The lowest BCUT2D eigenvalue weighted by Gasteiger charge is -2.20. The lowest BCUT2D eigenvalue weighted by molar-refractivity contribution is 0.0751. The number of ether oxygens (including phenoxy) is 1. The van der Waals surface area contributed by atoms with Gasteiger partial charge in [-0.1, -0.05) is 5.21 Å². The van der Waals surface area contributed by atoms with Gasteiger partial charge in [-0.15, -0.1) is 5.10 Å². The van der Waals surface area contributed by atoms with Crippen LogP contribution in [0.1, 0.15) is 42.9 Å². The fourth-order valence-corrected chi connectivity index (χ4v) is 4.28. The van der Waals surface area contributed by atoms with Crippen molar-refractivity contribution in [3.8, 4) is 11.4 Å². The number of carbonyl (C=O) groups excluding carboxylic acids is 1. The van der Waals surface area contributed by atoms with Crippen LogP contribution in [0, 0.1) is 18.8 Å². The average molecular weight is 383 g/mol. The monoisotopic (exact) mass is 383 g/mol. The van der Waals surface area contributed by atoms with Gasteiger partial charge in [0.15, 0.2) is 5.69 Å². The van der Waals surface area contributed by atoms with Crippen LogP contribution in [0.3, 0.4) is 0 Å². The van der Waals surface area contributed by atoms with Crippen LogP contribution in [0.5, 0.6) is 5.75 Å². The van der Waals surface area contributed by atoms with Crippen molar-refractivity contribution >= 4 is 5.91 Å². The number of hydrogen-bond donors (Lipinski definition) is 1. The molecule has 28 heavy (non-hydrogen) atoms. The van der Waals surface area contributed by atoms with Crippen molar-refractivity contribution in [3.63, 3.8) is 0 Å². The Labute approximate surface area is 166 Å². The number of aromatic nitrogens is 3. The van der Waals surface area contributed by atoms with Gasteiger partial charge < -0.3 is 15.0 Å². The predicted molar refractivity (Wildman–Crippen MR) is 107 cm³/mol. The summed E-state index contributed by atoms with van der Waals surface area (Å²) in [4.78, 5) is 15.0. The van der Waals surface area contributed by atoms with Gasteiger partial charge in [0.1, 0.15) is 5.75 Å². The SMILES string of the molecule is Cc1c(C(=O)N2CC[C@@H]3CNC[C@@H]3CC2)nnn1-c1ccc(OC(C)C)cc1. The Bertz CT molecular complexity index is 816. The third-order valence-electron chi connectivity index (χ3n) is 5.86. The molecule has 7 heteroatoms. The smallest absolute Gasteiger partial charge is 0.276 e. The van der Waals surface area contributed by atoms with Crippen LogP contribution < -0.4 is 10.1 Å². The lowest BCUT2D eigenvalue weighted by atomic mass is 9.92. The van der Waals surface area contributed by atoms with Gasteiger partial charge in [0.2, 0.25) is 0 Å². The zero-order valence-corrected chi connectivity index (χ0v) is 16.9. The summed E-state index contributed by atoms with van der Waals surface area (Å²) in [6.45, 7) is 9.67. The van der Waals surface area contributed by atoms with Crippen molar-refractivity contribution in [1.82, 2.24) is 25.2 Å². The first-order valence-electron chi connectivity index (χ1n) is 10.2. The number of amides is 1. The van der Waals surface area contributed by atoms with Gasteiger partial charge in [-0.2, -0.15) is 0 Å². The second-order valence-corrected chi connectivity index (χ2v) is 8.14. The minimum absolute atomic E-state index is 0.00329. The number of likely N-dealkylation sites (tertiary alicyclic amines) is 1. The molecule has 2 aliphatic rings. The molecule has 0 saturated carbocycles. The molecule has 0 unspecified atom stereocenters.